The lowest BCUT2D eigenvalue weighted by Crippen LogP contribution is -2.60. The van der Waals surface area contributed by atoms with Crippen molar-refractivity contribution < 1.29 is 22.8 Å². The van der Waals surface area contributed by atoms with Crippen LogP contribution < -0.4 is 4.90 Å². The molecule has 0 N–H and O–H groups in total. The van der Waals surface area contributed by atoms with Crippen molar-refractivity contribution in [3.05, 3.63) is 78.0 Å². The average Bonchev–Trinajstić information content (AvgIpc) is 2.69. The van der Waals surface area contributed by atoms with Crippen molar-refractivity contribution in [3.8, 4) is 0 Å². The molecule has 2 amide bonds. The Bertz CT molecular complexity index is 986. The molecule has 0 spiro atoms. The summed E-state index contributed by atoms with van der Waals surface area (Å²) in [6.07, 6.45) is -1.20. The van der Waals surface area contributed by atoms with Gasteiger partial charge in [0.25, 0.3) is 0 Å². The molecule has 1 saturated heterocycles. The second-order valence-electron chi connectivity index (χ2n) is 6.33. The Kier molecular flexibility index (Phi) is 4.26. The highest BCUT2D eigenvalue weighted by Crippen LogP contribution is 2.37. The lowest BCUT2D eigenvalue weighted by Gasteiger charge is -2.43. The van der Waals surface area contributed by atoms with E-state index in [-0.39, 0.29) is 5.69 Å². The van der Waals surface area contributed by atoms with E-state index in [4.69, 9.17) is 0 Å². The van der Waals surface area contributed by atoms with Gasteiger partial charge in [0.2, 0.25) is 18.1 Å². The maximum atomic E-state index is 13.3. The minimum absolute atomic E-state index is 0.0238. The molecule has 2 aliphatic rings. The van der Waals surface area contributed by atoms with Crippen LogP contribution in [0.1, 0.15) is 17.0 Å². The van der Waals surface area contributed by atoms with Gasteiger partial charge < -0.3 is 0 Å². The summed E-state index contributed by atoms with van der Waals surface area (Å²) in [7, 11) is 0. The normalized spacial score (nSPS) is 21.8. The highest BCUT2D eigenvalue weighted by Gasteiger charge is 2.47. The molecule has 8 heteroatoms. The number of hydrogen-bond donors (Lipinski definition) is 0. The summed E-state index contributed by atoms with van der Waals surface area (Å²) < 4.78 is 39.5. The van der Waals surface area contributed by atoms with E-state index >= 15 is 0 Å². The molecule has 2 atom stereocenters. The molecule has 28 heavy (non-hydrogen) atoms. The summed E-state index contributed by atoms with van der Waals surface area (Å²) in [4.78, 5) is 32.7. The van der Waals surface area contributed by atoms with Crippen LogP contribution in [0.25, 0.3) is 0 Å². The molecule has 0 bridgehead atoms. The van der Waals surface area contributed by atoms with Gasteiger partial charge in [0.1, 0.15) is 5.92 Å². The molecular formula is C20H14F3N3O2. The molecule has 0 aliphatic carbocycles. The van der Waals surface area contributed by atoms with Gasteiger partial charge in [0.05, 0.1) is 5.56 Å². The van der Waals surface area contributed by atoms with Crippen LogP contribution in [0.3, 0.4) is 0 Å². The molecule has 2 unspecified atom stereocenters. The van der Waals surface area contributed by atoms with Crippen molar-refractivity contribution in [3.63, 3.8) is 0 Å². The number of amides is 2. The SMILES string of the molecule is O=C1C(c2ccccc2)C(=O)N(c2cccc(C(F)(F)F)c2)C2N=CC=CN12. The first-order valence-electron chi connectivity index (χ1n) is 8.45. The summed E-state index contributed by atoms with van der Waals surface area (Å²) in [5.74, 6) is -2.26. The highest BCUT2D eigenvalue weighted by molar-refractivity contribution is 6.15. The van der Waals surface area contributed by atoms with Crippen molar-refractivity contribution >= 4 is 23.7 Å². The van der Waals surface area contributed by atoms with Crippen LogP contribution in [0.5, 0.6) is 0 Å². The van der Waals surface area contributed by atoms with Gasteiger partial charge in [0.15, 0.2) is 0 Å². The summed E-state index contributed by atoms with van der Waals surface area (Å²) in [5.41, 5.74) is -0.389. The van der Waals surface area contributed by atoms with E-state index in [1.807, 2.05) is 0 Å². The van der Waals surface area contributed by atoms with E-state index in [0.29, 0.717) is 5.56 Å². The van der Waals surface area contributed by atoms with Crippen molar-refractivity contribution in [2.45, 2.75) is 18.4 Å². The van der Waals surface area contributed by atoms with E-state index in [1.165, 1.54) is 35.5 Å². The minimum atomic E-state index is -4.56. The predicted molar refractivity (Wildman–Crippen MR) is 96.4 cm³/mol. The molecule has 2 heterocycles. The number of benzene rings is 2. The number of halogens is 3. The zero-order valence-electron chi connectivity index (χ0n) is 14.4. The Morgan fingerprint density at radius 2 is 1.68 bits per heavy atom. The van der Waals surface area contributed by atoms with E-state index in [9.17, 15) is 22.8 Å². The summed E-state index contributed by atoms with van der Waals surface area (Å²) in [6.45, 7) is 0. The number of hydrogen-bond acceptors (Lipinski definition) is 3. The van der Waals surface area contributed by atoms with Gasteiger partial charge in [-0.1, -0.05) is 36.4 Å². The van der Waals surface area contributed by atoms with Gasteiger partial charge in [0, 0.05) is 18.1 Å². The molecule has 142 valence electrons. The minimum Gasteiger partial charge on any atom is -0.277 e. The van der Waals surface area contributed by atoms with Gasteiger partial charge in [-0.15, -0.1) is 0 Å². The summed E-state index contributed by atoms with van der Waals surface area (Å²) in [6, 6.07) is 12.9. The zero-order chi connectivity index (χ0) is 19.9. The monoisotopic (exact) mass is 385 g/mol. The standard InChI is InChI=1S/C20H14F3N3O2/c21-20(22,23)14-8-4-9-15(12-14)26-18(28)16(13-6-2-1-3-7-13)17(27)25-11-5-10-24-19(25)26/h1-12,16,19H. The van der Waals surface area contributed by atoms with Crippen LogP contribution in [0.2, 0.25) is 0 Å². The average molecular weight is 385 g/mol. The van der Waals surface area contributed by atoms with Gasteiger partial charge in [-0.05, 0) is 29.8 Å². The number of aliphatic imine (C=N–C) groups is 1. The maximum absolute atomic E-state index is 13.3. The molecule has 2 aromatic rings. The van der Waals surface area contributed by atoms with Crippen molar-refractivity contribution in [2.24, 2.45) is 4.99 Å². The first kappa shape index (κ1) is 18.0. The third kappa shape index (κ3) is 2.96. The Balaban J connectivity index is 1.83. The molecule has 0 aromatic heterocycles. The number of rotatable bonds is 2. The predicted octanol–water partition coefficient (Wildman–Crippen LogP) is 3.55. The van der Waals surface area contributed by atoms with Crippen LogP contribution in [0, 0.1) is 0 Å². The van der Waals surface area contributed by atoms with Crippen molar-refractivity contribution in [2.75, 3.05) is 4.90 Å². The van der Waals surface area contributed by atoms with Crippen LogP contribution in [-0.4, -0.2) is 29.2 Å². The third-order valence-corrected chi connectivity index (χ3v) is 4.60. The second kappa shape index (κ2) is 6.63. The number of carbonyl (C=O) groups excluding carboxylic acids is 2. The lowest BCUT2D eigenvalue weighted by molar-refractivity contribution is -0.142. The Hall–Kier alpha value is -3.42. The van der Waals surface area contributed by atoms with Gasteiger partial charge in [-0.2, -0.15) is 13.2 Å². The lowest BCUT2D eigenvalue weighted by atomic mass is 9.93. The smallest absolute Gasteiger partial charge is 0.277 e. The fraction of sp³-hybridized carbons (Fsp3) is 0.150. The van der Waals surface area contributed by atoms with Gasteiger partial charge in [-0.3, -0.25) is 19.4 Å². The number of carbonyl (C=O) groups is 2. The molecule has 2 aromatic carbocycles. The first-order chi connectivity index (χ1) is 13.4. The number of allylic oxidation sites excluding steroid dienone is 1. The second-order valence-corrected chi connectivity index (χ2v) is 6.33. The van der Waals surface area contributed by atoms with Crippen LogP contribution in [0.15, 0.2) is 71.9 Å². The van der Waals surface area contributed by atoms with Gasteiger partial charge >= 0.3 is 6.18 Å². The van der Waals surface area contributed by atoms with E-state index in [2.05, 4.69) is 4.99 Å². The number of fused-ring (bicyclic) bond motifs is 1. The van der Waals surface area contributed by atoms with Crippen LogP contribution in [-0.2, 0) is 15.8 Å². The molecular weight excluding hydrogens is 371 g/mol. The molecule has 2 aliphatic heterocycles. The fourth-order valence-electron chi connectivity index (χ4n) is 3.32. The van der Waals surface area contributed by atoms with E-state index in [1.54, 1.807) is 30.3 Å². The summed E-state index contributed by atoms with van der Waals surface area (Å²) in [5, 5.41) is 0. The third-order valence-electron chi connectivity index (χ3n) is 4.60. The topological polar surface area (TPSA) is 53.0 Å². The molecule has 1 fully saturated rings. The molecule has 0 radical (unpaired) electrons. The zero-order valence-corrected chi connectivity index (χ0v) is 14.4. The number of anilines is 1. The van der Waals surface area contributed by atoms with Gasteiger partial charge in [-0.25, -0.2) is 4.99 Å². The Labute approximate surface area is 158 Å². The quantitative estimate of drug-likeness (QED) is 0.743. The first-order valence-corrected chi connectivity index (χ1v) is 8.45. The fourth-order valence-corrected chi connectivity index (χ4v) is 3.32. The van der Waals surface area contributed by atoms with Crippen molar-refractivity contribution in [1.29, 1.82) is 0 Å². The summed E-state index contributed by atoms with van der Waals surface area (Å²) >= 11 is 0. The molecule has 5 nitrogen and oxygen atoms in total. The largest absolute Gasteiger partial charge is 0.416 e. The van der Waals surface area contributed by atoms with E-state index in [0.717, 1.165) is 17.0 Å². The number of alkyl halides is 3. The van der Waals surface area contributed by atoms with E-state index < -0.39 is 35.8 Å². The maximum Gasteiger partial charge on any atom is 0.416 e. The molecule has 4 rings (SSSR count). The van der Waals surface area contributed by atoms with Crippen LogP contribution >= 0.6 is 0 Å². The molecule has 0 saturated carbocycles. The highest BCUT2D eigenvalue weighted by atomic mass is 19.4. The van der Waals surface area contributed by atoms with Crippen LogP contribution in [0.4, 0.5) is 18.9 Å². The Morgan fingerprint density at radius 1 is 0.929 bits per heavy atom. The van der Waals surface area contributed by atoms with Crippen molar-refractivity contribution in [1.82, 2.24) is 4.90 Å². The Morgan fingerprint density at radius 3 is 2.39 bits per heavy atom. The number of nitrogens with zero attached hydrogens (tertiary/aromatic N) is 3.